The highest BCUT2D eigenvalue weighted by Gasteiger charge is 2.38. The van der Waals surface area contributed by atoms with Gasteiger partial charge in [-0.2, -0.15) is 0 Å². The van der Waals surface area contributed by atoms with Gasteiger partial charge in [-0.1, -0.05) is 44.5 Å². The Morgan fingerprint density at radius 3 is 2.53 bits per heavy atom. The predicted octanol–water partition coefficient (Wildman–Crippen LogP) is 3.40. The summed E-state index contributed by atoms with van der Waals surface area (Å²) in [6, 6.07) is 6.17. The molecule has 0 radical (unpaired) electrons. The van der Waals surface area contributed by atoms with Gasteiger partial charge < -0.3 is 0 Å². The van der Waals surface area contributed by atoms with Crippen molar-refractivity contribution in [2.75, 3.05) is 0 Å². The minimum absolute atomic E-state index is 0.0734. The summed E-state index contributed by atoms with van der Waals surface area (Å²) >= 11 is 0. The maximum Gasteiger partial charge on any atom is 0.167 e. The summed E-state index contributed by atoms with van der Waals surface area (Å²) in [7, 11) is 0. The van der Waals surface area contributed by atoms with Gasteiger partial charge in [-0.15, -0.1) is 0 Å². The first kappa shape index (κ1) is 10.4. The Morgan fingerprint density at radius 2 is 1.93 bits per heavy atom. The molecule has 1 aliphatic carbocycles. The Morgan fingerprint density at radius 1 is 1.27 bits per heavy atom. The van der Waals surface area contributed by atoms with Crippen LogP contribution in [-0.4, -0.2) is 5.78 Å². The van der Waals surface area contributed by atoms with Gasteiger partial charge in [0.1, 0.15) is 0 Å². The van der Waals surface area contributed by atoms with Crippen molar-refractivity contribution >= 4 is 5.78 Å². The second-order valence-corrected chi connectivity index (χ2v) is 5.65. The summed E-state index contributed by atoms with van der Waals surface area (Å²) in [4.78, 5) is 12.2. The molecule has 2 rings (SSSR count). The monoisotopic (exact) mass is 202 g/mol. The Bertz CT molecular complexity index is 410. The first-order valence-electron chi connectivity index (χ1n) is 5.53. The molecule has 0 saturated heterocycles. The second-order valence-electron chi connectivity index (χ2n) is 5.65. The van der Waals surface area contributed by atoms with Gasteiger partial charge in [0.25, 0.3) is 0 Å². The van der Waals surface area contributed by atoms with Gasteiger partial charge in [0.05, 0.1) is 0 Å². The first-order chi connectivity index (χ1) is 6.89. The zero-order chi connectivity index (χ0) is 11.2. The van der Waals surface area contributed by atoms with E-state index in [2.05, 4.69) is 33.8 Å². The van der Waals surface area contributed by atoms with E-state index in [1.807, 2.05) is 12.1 Å². The molecule has 0 aliphatic heterocycles. The largest absolute Gasteiger partial charge is 0.294 e. The normalized spacial score (nSPS) is 20.5. The SMILES string of the molecule is Cc1ccc2c(c1)CC(C(C)(C)C)C2=O. The first-order valence-corrected chi connectivity index (χ1v) is 5.53. The fraction of sp³-hybridized carbons (Fsp3) is 0.500. The molecule has 0 fully saturated rings. The van der Waals surface area contributed by atoms with Crippen molar-refractivity contribution < 1.29 is 4.79 Å². The van der Waals surface area contributed by atoms with Crippen molar-refractivity contribution in [1.82, 2.24) is 0 Å². The van der Waals surface area contributed by atoms with Crippen LogP contribution in [0.25, 0.3) is 0 Å². The van der Waals surface area contributed by atoms with E-state index < -0.39 is 0 Å². The molecule has 0 heterocycles. The van der Waals surface area contributed by atoms with Crippen molar-refractivity contribution in [3.05, 3.63) is 34.9 Å². The molecule has 0 amide bonds. The topological polar surface area (TPSA) is 17.1 Å². The van der Waals surface area contributed by atoms with Crippen LogP contribution in [0, 0.1) is 18.3 Å². The van der Waals surface area contributed by atoms with E-state index in [-0.39, 0.29) is 11.3 Å². The number of ketones is 1. The van der Waals surface area contributed by atoms with E-state index in [4.69, 9.17) is 0 Å². The van der Waals surface area contributed by atoms with Crippen LogP contribution in [0.4, 0.5) is 0 Å². The lowest BCUT2D eigenvalue weighted by Crippen LogP contribution is -2.25. The molecule has 1 aromatic rings. The van der Waals surface area contributed by atoms with Crippen molar-refractivity contribution in [2.24, 2.45) is 11.3 Å². The summed E-state index contributed by atoms with van der Waals surface area (Å²) < 4.78 is 0. The molecular formula is C14H18O. The van der Waals surface area contributed by atoms with Crippen LogP contribution in [-0.2, 0) is 6.42 Å². The summed E-state index contributed by atoms with van der Waals surface area (Å²) in [6.45, 7) is 8.52. The van der Waals surface area contributed by atoms with Crippen LogP contribution in [0.5, 0.6) is 0 Å². The van der Waals surface area contributed by atoms with Crippen molar-refractivity contribution in [3.63, 3.8) is 0 Å². The van der Waals surface area contributed by atoms with Gasteiger partial charge in [0, 0.05) is 11.5 Å². The zero-order valence-electron chi connectivity index (χ0n) is 9.92. The molecule has 0 N–H and O–H groups in total. The molecule has 1 aliphatic rings. The van der Waals surface area contributed by atoms with Gasteiger partial charge in [-0.3, -0.25) is 4.79 Å². The number of hydrogen-bond acceptors (Lipinski definition) is 1. The van der Waals surface area contributed by atoms with Crippen LogP contribution in [0.15, 0.2) is 18.2 Å². The summed E-state index contributed by atoms with van der Waals surface area (Å²) in [5, 5.41) is 0. The molecule has 1 unspecified atom stereocenters. The van der Waals surface area contributed by atoms with Crippen LogP contribution in [0.3, 0.4) is 0 Å². The van der Waals surface area contributed by atoms with Gasteiger partial charge in [-0.25, -0.2) is 0 Å². The molecule has 1 nitrogen and oxygen atoms in total. The van der Waals surface area contributed by atoms with Crippen LogP contribution in [0.1, 0.15) is 42.3 Å². The van der Waals surface area contributed by atoms with E-state index in [9.17, 15) is 4.79 Å². The minimum Gasteiger partial charge on any atom is -0.294 e. The number of carbonyl (C=O) groups is 1. The third kappa shape index (κ3) is 1.71. The third-order valence-corrected chi connectivity index (χ3v) is 3.31. The summed E-state index contributed by atoms with van der Waals surface area (Å²) in [5.41, 5.74) is 3.50. The lowest BCUT2D eigenvalue weighted by molar-refractivity contribution is 0.0843. The Labute approximate surface area is 91.5 Å². The van der Waals surface area contributed by atoms with Crippen LogP contribution < -0.4 is 0 Å². The van der Waals surface area contributed by atoms with Crippen molar-refractivity contribution in [2.45, 2.75) is 34.1 Å². The smallest absolute Gasteiger partial charge is 0.167 e. The summed E-state index contributed by atoms with van der Waals surface area (Å²) in [5.74, 6) is 0.492. The fourth-order valence-corrected chi connectivity index (χ4v) is 2.33. The molecule has 15 heavy (non-hydrogen) atoms. The molecule has 1 heteroatoms. The van der Waals surface area contributed by atoms with Gasteiger partial charge in [0.15, 0.2) is 5.78 Å². The maximum absolute atomic E-state index is 12.2. The average molecular weight is 202 g/mol. The number of aryl methyl sites for hydroxylation is 1. The van der Waals surface area contributed by atoms with E-state index in [0.717, 1.165) is 12.0 Å². The molecule has 0 spiro atoms. The van der Waals surface area contributed by atoms with E-state index in [0.29, 0.717) is 5.78 Å². The van der Waals surface area contributed by atoms with Crippen LogP contribution in [0.2, 0.25) is 0 Å². The van der Waals surface area contributed by atoms with Crippen molar-refractivity contribution in [1.29, 1.82) is 0 Å². The number of fused-ring (bicyclic) bond motifs is 1. The Hall–Kier alpha value is -1.11. The van der Waals surface area contributed by atoms with Gasteiger partial charge in [0.2, 0.25) is 0 Å². The predicted molar refractivity (Wildman–Crippen MR) is 62.2 cm³/mol. The van der Waals surface area contributed by atoms with Crippen LogP contribution >= 0.6 is 0 Å². The molecular weight excluding hydrogens is 184 g/mol. The standard InChI is InChI=1S/C14H18O/c1-9-5-6-11-10(7-9)8-12(13(11)15)14(2,3)4/h5-7,12H,8H2,1-4H3. The second kappa shape index (κ2) is 3.19. The lowest BCUT2D eigenvalue weighted by atomic mass is 9.78. The maximum atomic E-state index is 12.2. The minimum atomic E-state index is 0.0734. The van der Waals surface area contributed by atoms with Crippen molar-refractivity contribution in [3.8, 4) is 0 Å². The van der Waals surface area contributed by atoms with E-state index >= 15 is 0 Å². The number of benzene rings is 1. The van der Waals surface area contributed by atoms with Gasteiger partial charge in [-0.05, 0) is 24.3 Å². The summed E-state index contributed by atoms with van der Waals surface area (Å²) in [6.07, 6.45) is 0.916. The quantitative estimate of drug-likeness (QED) is 0.630. The highest BCUT2D eigenvalue weighted by molar-refractivity contribution is 6.02. The van der Waals surface area contributed by atoms with E-state index in [1.54, 1.807) is 0 Å². The van der Waals surface area contributed by atoms with E-state index in [1.165, 1.54) is 11.1 Å². The number of hydrogen-bond donors (Lipinski definition) is 0. The number of Topliss-reactive ketones (excluding diaryl/α,β-unsaturated/α-hetero) is 1. The third-order valence-electron chi connectivity index (χ3n) is 3.31. The number of rotatable bonds is 0. The Kier molecular flexibility index (Phi) is 2.22. The molecule has 1 atom stereocenters. The molecule has 0 aromatic heterocycles. The zero-order valence-corrected chi connectivity index (χ0v) is 9.92. The average Bonchev–Trinajstić information content (AvgIpc) is 2.42. The fourth-order valence-electron chi connectivity index (χ4n) is 2.33. The lowest BCUT2D eigenvalue weighted by Gasteiger charge is -2.24. The highest BCUT2D eigenvalue weighted by atomic mass is 16.1. The molecule has 0 saturated carbocycles. The Balaban J connectivity index is 2.42. The molecule has 80 valence electrons. The number of carbonyl (C=O) groups excluding carboxylic acids is 1. The van der Waals surface area contributed by atoms with Gasteiger partial charge >= 0.3 is 0 Å². The highest BCUT2D eigenvalue weighted by Crippen LogP contribution is 2.38. The molecule has 0 bridgehead atoms. The molecule has 1 aromatic carbocycles.